The first kappa shape index (κ1) is 11.0. The smallest absolute Gasteiger partial charge is 0.117 e. The fourth-order valence-electron chi connectivity index (χ4n) is 1.72. The van der Waals surface area contributed by atoms with E-state index < -0.39 is 0 Å². The zero-order valence-electron chi connectivity index (χ0n) is 9.52. The van der Waals surface area contributed by atoms with Gasteiger partial charge in [0.25, 0.3) is 0 Å². The average molecular weight is 215 g/mol. The molecule has 0 radical (unpaired) electrons. The Bertz CT molecular complexity index is 394. The summed E-state index contributed by atoms with van der Waals surface area (Å²) in [5, 5.41) is 3.39. The molecule has 2 nitrogen and oxygen atoms in total. The molecule has 0 bridgehead atoms. The van der Waals surface area contributed by atoms with E-state index in [4.69, 9.17) is 4.42 Å². The summed E-state index contributed by atoms with van der Waals surface area (Å²) < 4.78 is 5.26. The van der Waals surface area contributed by atoms with Crippen LogP contribution in [-0.4, -0.2) is 6.54 Å². The summed E-state index contributed by atoms with van der Waals surface area (Å²) >= 11 is 0. The van der Waals surface area contributed by atoms with Gasteiger partial charge in [-0.05, 0) is 23.6 Å². The number of hydrogen-bond donors (Lipinski definition) is 1. The summed E-state index contributed by atoms with van der Waals surface area (Å²) in [4.78, 5) is 0. The first-order valence-corrected chi connectivity index (χ1v) is 5.64. The molecule has 16 heavy (non-hydrogen) atoms. The first-order chi connectivity index (χ1) is 7.86. The Kier molecular flexibility index (Phi) is 3.78. The molecule has 0 saturated carbocycles. The van der Waals surface area contributed by atoms with Crippen molar-refractivity contribution in [2.24, 2.45) is 0 Å². The Morgan fingerprint density at radius 2 is 1.94 bits per heavy atom. The van der Waals surface area contributed by atoms with Gasteiger partial charge in [-0.1, -0.05) is 37.3 Å². The molecule has 2 rings (SSSR count). The minimum atomic E-state index is 0.524. The molecule has 0 aliphatic carbocycles. The Balaban J connectivity index is 1.78. The highest BCUT2D eigenvalue weighted by molar-refractivity contribution is 5.18. The van der Waals surface area contributed by atoms with Gasteiger partial charge in [-0.15, -0.1) is 0 Å². The van der Waals surface area contributed by atoms with Crippen LogP contribution in [0.4, 0.5) is 0 Å². The van der Waals surface area contributed by atoms with Crippen molar-refractivity contribution in [1.82, 2.24) is 5.32 Å². The molecule has 1 aromatic carbocycles. The molecule has 2 aromatic rings. The van der Waals surface area contributed by atoms with Crippen molar-refractivity contribution in [2.75, 3.05) is 6.54 Å². The van der Waals surface area contributed by atoms with Crippen LogP contribution in [0, 0.1) is 0 Å². The van der Waals surface area contributed by atoms with Gasteiger partial charge < -0.3 is 9.73 Å². The van der Waals surface area contributed by atoms with Gasteiger partial charge in [-0.25, -0.2) is 0 Å². The molecule has 1 atom stereocenters. The summed E-state index contributed by atoms with van der Waals surface area (Å²) in [6.45, 7) is 3.99. The third-order valence-electron chi connectivity index (χ3n) is 2.70. The fraction of sp³-hybridized carbons (Fsp3) is 0.286. The van der Waals surface area contributed by atoms with E-state index in [0.717, 1.165) is 18.8 Å². The summed E-state index contributed by atoms with van der Waals surface area (Å²) in [6, 6.07) is 14.4. The summed E-state index contributed by atoms with van der Waals surface area (Å²) in [6.07, 6.45) is 1.71. The van der Waals surface area contributed by atoms with Crippen molar-refractivity contribution in [3.63, 3.8) is 0 Å². The third-order valence-corrected chi connectivity index (χ3v) is 2.70. The minimum Gasteiger partial charge on any atom is -0.468 e. The SMILES string of the molecule is CC(CNCc1ccco1)c1ccccc1. The molecule has 0 aliphatic rings. The molecule has 1 unspecified atom stereocenters. The molecule has 0 saturated heterocycles. The minimum absolute atomic E-state index is 0.524. The van der Waals surface area contributed by atoms with Crippen molar-refractivity contribution in [1.29, 1.82) is 0 Å². The van der Waals surface area contributed by atoms with Gasteiger partial charge >= 0.3 is 0 Å². The lowest BCUT2D eigenvalue weighted by Gasteiger charge is -2.12. The maximum atomic E-state index is 5.26. The predicted octanol–water partition coefficient (Wildman–Crippen LogP) is 3.17. The Morgan fingerprint density at radius 3 is 2.62 bits per heavy atom. The van der Waals surface area contributed by atoms with E-state index in [1.807, 2.05) is 18.2 Å². The van der Waals surface area contributed by atoms with E-state index in [-0.39, 0.29) is 0 Å². The zero-order chi connectivity index (χ0) is 11.2. The van der Waals surface area contributed by atoms with Crippen molar-refractivity contribution in [3.8, 4) is 0 Å². The molecule has 1 heterocycles. The van der Waals surface area contributed by atoms with Gasteiger partial charge in [0.1, 0.15) is 5.76 Å². The normalized spacial score (nSPS) is 12.6. The van der Waals surface area contributed by atoms with Crippen molar-refractivity contribution in [3.05, 3.63) is 60.1 Å². The Labute approximate surface area is 96.3 Å². The van der Waals surface area contributed by atoms with Gasteiger partial charge in [0.05, 0.1) is 12.8 Å². The predicted molar refractivity (Wildman–Crippen MR) is 65.3 cm³/mol. The third kappa shape index (κ3) is 2.97. The van der Waals surface area contributed by atoms with Crippen LogP contribution >= 0.6 is 0 Å². The highest BCUT2D eigenvalue weighted by Gasteiger charge is 2.04. The van der Waals surface area contributed by atoms with E-state index in [9.17, 15) is 0 Å². The fourth-order valence-corrected chi connectivity index (χ4v) is 1.72. The second kappa shape index (κ2) is 5.52. The second-order valence-electron chi connectivity index (χ2n) is 4.02. The van der Waals surface area contributed by atoms with Crippen LogP contribution in [0.25, 0.3) is 0 Å². The average Bonchev–Trinajstić information content (AvgIpc) is 2.83. The van der Waals surface area contributed by atoms with Gasteiger partial charge in [-0.3, -0.25) is 0 Å². The van der Waals surface area contributed by atoms with E-state index in [2.05, 4.69) is 36.5 Å². The quantitative estimate of drug-likeness (QED) is 0.828. The topological polar surface area (TPSA) is 25.2 Å². The van der Waals surface area contributed by atoms with Crippen molar-refractivity contribution >= 4 is 0 Å². The Morgan fingerprint density at radius 1 is 1.12 bits per heavy atom. The molecule has 1 aromatic heterocycles. The van der Waals surface area contributed by atoms with Crippen LogP contribution in [-0.2, 0) is 6.54 Å². The second-order valence-corrected chi connectivity index (χ2v) is 4.02. The van der Waals surface area contributed by atoms with Crippen LogP contribution < -0.4 is 5.32 Å². The molecule has 1 N–H and O–H groups in total. The zero-order valence-corrected chi connectivity index (χ0v) is 9.52. The van der Waals surface area contributed by atoms with E-state index in [0.29, 0.717) is 5.92 Å². The van der Waals surface area contributed by atoms with E-state index in [1.165, 1.54) is 5.56 Å². The van der Waals surface area contributed by atoms with Gasteiger partial charge in [0.2, 0.25) is 0 Å². The summed E-state index contributed by atoms with van der Waals surface area (Å²) in [5.74, 6) is 1.51. The Hall–Kier alpha value is -1.54. The summed E-state index contributed by atoms with van der Waals surface area (Å²) in [5.41, 5.74) is 1.37. The number of nitrogens with one attached hydrogen (secondary N) is 1. The highest BCUT2D eigenvalue weighted by Crippen LogP contribution is 2.13. The maximum Gasteiger partial charge on any atom is 0.117 e. The molecular formula is C14H17NO. The number of benzene rings is 1. The maximum absolute atomic E-state index is 5.26. The molecular weight excluding hydrogens is 198 g/mol. The van der Waals surface area contributed by atoms with E-state index >= 15 is 0 Å². The number of furan rings is 1. The standard InChI is InChI=1S/C14H17NO/c1-12(13-6-3-2-4-7-13)10-15-11-14-8-5-9-16-14/h2-9,12,15H,10-11H2,1H3. The van der Waals surface area contributed by atoms with Crippen LogP contribution in [0.3, 0.4) is 0 Å². The lowest BCUT2D eigenvalue weighted by atomic mass is 10.0. The highest BCUT2D eigenvalue weighted by atomic mass is 16.3. The number of rotatable bonds is 5. The number of hydrogen-bond acceptors (Lipinski definition) is 2. The van der Waals surface area contributed by atoms with E-state index in [1.54, 1.807) is 6.26 Å². The largest absolute Gasteiger partial charge is 0.468 e. The molecule has 84 valence electrons. The van der Waals surface area contributed by atoms with Crippen LogP contribution in [0.2, 0.25) is 0 Å². The van der Waals surface area contributed by atoms with Gasteiger partial charge in [-0.2, -0.15) is 0 Å². The molecule has 2 heteroatoms. The molecule has 0 aliphatic heterocycles. The first-order valence-electron chi connectivity index (χ1n) is 5.64. The molecule has 0 spiro atoms. The van der Waals surface area contributed by atoms with Crippen molar-refractivity contribution in [2.45, 2.75) is 19.4 Å². The van der Waals surface area contributed by atoms with Crippen LogP contribution in [0.15, 0.2) is 53.1 Å². The molecule has 0 fully saturated rings. The van der Waals surface area contributed by atoms with Gasteiger partial charge in [0, 0.05) is 6.54 Å². The lowest BCUT2D eigenvalue weighted by Crippen LogP contribution is -2.19. The van der Waals surface area contributed by atoms with Crippen LogP contribution in [0.1, 0.15) is 24.2 Å². The van der Waals surface area contributed by atoms with Gasteiger partial charge in [0.15, 0.2) is 0 Å². The van der Waals surface area contributed by atoms with Crippen molar-refractivity contribution < 1.29 is 4.42 Å². The van der Waals surface area contributed by atoms with Crippen LogP contribution in [0.5, 0.6) is 0 Å². The monoisotopic (exact) mass is 215 g/mol. The summed E-state index contributed by atoms with van der Waals surface area (Å²) in [7, 11) is 0. The molecule has 0 amide bonds. The lowest BCUT2D eigenvalue weighted by molar-refractivity contribution is 0.476.